The summed E-state index contributed by atoms with van der Waals surface area (Å²) < 4.78 is 5.19. The zero-order valence-corrected chi connectivity index (χ0v) is 23.1. The van der Waals surface area contributed by atoms with Crippen LogP contribution in [0, 0.1) is 0 Å². The van der Waals surface area contributed by atoms with E-state index in [2.05, 4.69) is 29.8 Å². The number of amides is 2. The van der Waals surface area contributed by atoms with Gasteiger partial charge in [-0.2, -0.15) is 0 Å². The molecule has 1 fully saturated rings. The van der Waals surface area contributed by atoms with Gasteiger partial charge in [0.05, 0.1) is 18.5 Å². The van der Waals surface area contributed by atoms with Crippen LogP contribution in [0.1, 0.15) is 65.4 Å². The average molecular weight is 504 g/mol. The van der Waals surface area contributed by atoms with Crippen LogP contribution in [0.2, 0.25) is 0 Å². The number of hydrogen-bond acceptors (Lipinski definition) is 5. The summed E-state index contributed by atoms with van der Waals surface area (Å²) >= 11 is 1.06. The highest BCUT2D eigenvalue weighted by molar-refractivity contribution is 7.95. The van der Waals surface area contributed by atoms with Crippen molar-refractivity contribution in [2.75, 3.05) is 14.1 Å². The van der Waals surface area contributed by atoms with Crippen LogP contribution in [0.4, 0.5) is 4.79 Å². The maximum Gasteiger partial charge on any atom is 0.419 e. The smallest absolute Gasteiger partial charge is 0.370 e. The highest BCUT2D eigenvalue weighted by atomic mass is 32.2. The predicted molar refractivity (Wildman–Crippen MR) is 149 cm³/mol. The zero-order chi connectivity index (χ0) is 26.3. The molecule has 0 aliphatic heterocycles. The van der Waals surface area contributed by atoms with E-state index in [4.69, 9.17) is 4.18 Å². The summed E-state index contributed by atoms with van der Waals surface area (Å²) in [7, 11) is 3.75. The Hall–Kier alpha value is -2.51. The lowest BCUT2D eigenvalue weighted by molar-refractivity contribution is -0.121. The topological polar surface area (TPSA) is 79.5 Å². The molecule has 2 aromatic carbocycles. The molecule has 2 aromatic rings. The van der Waals surface area contributed by atoms with E-state index in [0.717, 1.165) is 48.2 Å². The Morgan fingerprint density at radius 1 is 0.829 bits per heavy atom. The highest BCUT2D eigenvalue weighted by Gasteiger charge is 2.24. The fourth-order valence-electron chi connectivity index (χ4n) is 3.19. The summed E-state index contributed by atoms with van der Waals surface area (Å²) in [6.07, 6.45) is 4.62. The zero-order valence-electron chi connectivity index (χ0n) is 22.3. The van der Waals surface area contributed by atoms with Crippen molar-refractivity contribution in [1.82, 2.24) is 16.0 Å². The molecule has 0 unspecified atom stereocenters. The first-order valence-electron chi connectivity index (χ1n) is 12.6. The van der Waals surface area contributed by atoms with Crippen LogP contribution in [-0.4, -0.2) is 38.2 Å². The van der Waals surface area contributed by atoms with Gasteiger partial charge in [-0.3, -0.25) is 4.79 Å². The molecule has 1 aliphatic carbocycles. The largest absolute Gasteiger partial charge is 0.419 e. The molecule has 3 N–H and O–H groups in total. The van der Waals surface area contributed by atoms with Crippen LogP contribution in [0.5, 0.6) is 0 Å². The molecule has 0 heterocycles. The summed E-state index contributed by atoms with van der Waals surface area (Å²) in [5.41, 5.74) is 1.02. The van der Waals surface area contributed by atoms with Gasteiger partial charge in [-0.05, 0) is 57.5 Å². The Balaban J connectivity index is 0.00000129. The van der Waals surface area contributed by atoms with Gasteiger partial charge in [0.2, 0.25) is 5.91 Å². The Bertz CT molecular complexity index is 766. The van der Waals surface area contributed by atoms with Gasteiger partial charge >= 0.3 is 6.09 Å². The van der Waals surface area contributed by atoms with Gasteiger partial charge in [0.15, 0.2) is 0 Å². The van der Waals surface area contributed by atoms with Gasteiger partial charge in [0.25, 0.3) is 0 Å². The molecular weight excluding hydrogens is 458 g/mol. The summed E-state index contributed by atoms with van der Waals surface area (Å²) in [5, 5.41) is 8.76. The van der Waals surface area contributed by atoms with E-state index in [1.807, 2.05) is 88.6 Å². The number of benzene rings is 2. The Morgan fingerprint density at radius 2 is 1.26 bits per heavy atom. The van der Waals surface area contributed by atoms with Crippen LogP contribution in [0.25, 0.3) is 0 Å². The van der Waals surface area contributed by atoms with Crippen molar-refractivity contribution in [3.8, 4) is 0 Å². The Morgan fingerprint density at radius 3 is 1.74 bits per heavy atom. The molecule has 1 aliphatic rings. The van der Waals surface area contributed by atoms with Gasteiger partial charge in [-0.15, -0.1) is 0 Å². The van der Waals surface area contributed by atoms with E-state index in [9.17, 15) is 9.59 Å². The predicted octanol–water partition coefficient (Wildman–Crippen LogP) is 6.37. The third kappa shape index (κ3) is 16.7. The van der Waals surface area contributed by atoms with Crippen molar-refractivity contribution >= 4 is 24.0 Å². The van der Waals surface area contributed by atoms with Crippen molar-refractivity contribution in [2.24, 2.45) is 0 Å². The highest BCUT2D eigenvalue weighted by Crippen LogP contribution is 2.21. The standard InChI is InChI=1S/C21H24N2O3S.C3H8.C2H7N.C2H6/c24-20(15-16-7-3-1-4-8-16)22-17-11-13-18(14-12-17)23-21(25)26-27-19-9-5-2-6-10-19;2*1-3-2;1-2/h1-10,17-18H,11-15H2,(H,22,24)(H,23,25);3H2,1-2H3;3H,1-2H3;1-2H3. The summed E-state index contributed by atoms with van der Waals surface area (Å²) in [5.74, 6) is 0.0521. The molecule has 0 saturated heterocycles. The van der Waals surface area contributed by atoms with Crippen molar-refractivity contribution in [3.63, 3.8) is 0 Å². The third-order valence-electron chi connectivity index (χ3n) is 4.58. The molecule has 0 radical (unpaired) electrons. The quantitative estimate of drug-likeness (QED) is 0.399. The fourth-order valence-corrected chi connectivity index (χ4v) is 3.68. The number of carbonyl (C=O) groups excluding carboxylic acids is 2. The van der Waals surface area contributed by atoms with Gasteiger partial charge < -0.3 is 20.1 Å². The lowest BCUT2D eigenvalue weighted by atomic mass is 9.91. The summed E-state index contributed by atoms with van der Waals surface area (Å²) in [6.45, 7) is 8.25. The number of carbonyl (C=O) groups is 2. The SMILES string of the molecule is CC.CCC.CNC.O=C(Cc1ccccc1)NC1CCC(NC(=O)OSc2ccccc2)CC1. The average Bonchev–Trinajstić information content (AvgIpc) is 2.87. The van der Waals surface area contributed by atoms with E-state index < -0.39 is 6.09 Å². The second kappa shape index (κ2) is 22.0. The first kappa shape index (κ1) is 32.5. The molecule has 35 heavy (non-hydrogen) atoms. The minimum absolute atomic E-state index is 0.0521. The summed E-state index contributed by atoms with van der Waals surface area (Å²) in [4.78, 5) is 25.0. The maximum absolute atomic E-state index is 12.2. The molecule has 0 bridgehead atoms. The van der Waals surface area contributed by atoms with E-state index in [1.165, 1.54) is 6.42 Å². The van der Waals surface area contributed by atoms with Crippen molar-refractivity contribution in [2.45, 2.75) is 83.2 Å². The molecule has 3 rings (SSSR count). The van der Waals surface area contributed by atoms with Crippen LogP contribution >= 0.6 is 12.0 Å². The molecule has 6 nitrogen and oxygen atoms in total. The molecule has 7 heteroatoms. The third-order valence-corrected chi connectivity index (χ3v) is 5.28. The monoisotopic (exact) mass is 503 g/mol. The van der Waals surface area contributed by atoms with Crippen LogP contribution in [-0.2, 0) is 15.4 Å². The van der Waals surface area contributed by atoms with Gasteiger partial charge in [-0.1, -0.05) is 82.6 Å². The maximum atomic E-state index is 12.2. The number of rotatable bonds is 6. The Kier molecular flexibility index (Phi) is 20.4. The molecule has 0 spiro atoms. The second-order valence-corrected chi connectivity index (χ2v) is 8.70. The lowest BCUT2D eigenvalue weighted by Crippen LogP contribution is -2.44. The molecule has 2 amide bonds. The molecular formula is C28H45N3O3S. The van der Waals surface area contributed by atoms with Crippen LogP contribution < -0.4 is 16.0 Å². The van der Waals surface area contributed by atoms with E-state index in [0.29, 0.717) is 6.42 Å². The van der Waals surface area contributed by atoms with Gasteiger partial charge in [0, 0.05) is 17.0 Å². The van der Waals surface area contributed by atoms with E-state index in [-0.39, 0.29) is 18.0 Å². The van der Waals surface area contributed by atoms with Gasteiger partial charge in [-0.25, -0.2) is 4.79 Å². The molecule has 0 aromatic heterocycles. The Labute approximate surface area is 217 Å². The van der Waals surface area contributed by atoms with Crippen LogP contribution in [0.15, 0.2) is 65.6 Å². The molecule has 0 atom stereocenters. The minimum atomic E-state index is -0.416. The van der Waals surface area contributed by atoms with Crippen molar-refractivity contribution < 1.29 is 13.8 Å². The van der Waals surface area contributed by atoms with Gasteiger partial charge in [0.1, 0.15) is 0 Å². The first-order valence-corrected chi connectivity index (χ1v) is 13.4. The number of nitrogens with one attached hydrogen (secondary N) is 3. The van der Waals surface area contributed by atoms with E-state index >= 15 is 0 Å². The fraction of sp³-hybridized carbons (Fsp3) is 0.500. The number of hydrogen-bond donors (Lipinski definition) is 3. The van der Waals surface area contributed by atoms with Crippen molar-refractivity contribution in [3.05, 3.63) is 66.2 Å². The lowest BCUT2D eigenvalue weighted by Gasteiger charge is -2.29. The normalized spacial score (nSPS) is 15.9. The van der Waals surface area contributed by atoms with Crippen molar-refractivity contribution in [1.29, 1.82) is 0 Å². The van der Waals surface area contributed by atoms with E-state index in [1.54, 1.807) is 0 Å². The second-order valence-electron chi connectivity index (χ2n) is 7.90. The minimum Gasteiger partial charge on any atom is -0.370 e. The summed E-state index contributed by atoms with van der Waals surface area (Å²) in [6, 6.07) is 19.5. The molecule has 1 saturated carbocycles. The van der Waals surface area contributed by atoms with Crippen LogP contribution in [0.3, 0.4) is 0 Å². The first-order chi connectivity index (χ1) is 17.0. The molecule has 196 valence electrons.